The van der Waals surface area contributed by atoms with Crippen molar-refractivity contribution in [2.75, 3.05) is 12.8 Å². The summed E-state index contributed by atoms with van der Waals surface area (Å²) in [5, 5.41) is 26.1. The zero-order chi connectivity index (χ0) is 36.2. The van der Waals surface area contributed by atoms with Gasteiger partial charge in [-0.25, -0.2) is 12.8 Å². The number of ketones is 1. The van der Waals surface area contributed by atoms with Gasteiger partial charge in [-0.1, -0.05) is 92.2 Å². The van der Waals surface area contributed by atoms with Gasteiger partial charge in [-0.05, 0) is 90.7 Å². The first-order chi connectivity index (χ1) is 24.1. The number of aliphatic hydroxyl groups excluding tert-OH is 1. The zero-order valence-corrected chi connectivity index (χ0v) is 31.1. The van der Waals surface area contributed by atoms with Crippen LogP contribution in [0.2, 0.25) is 5.02 Å². The molecule has 0 amide bonds. The molecule has 9 rings (SSSR count). The molecule has 3 aromatic rings. The second kappa shape index (κ2) is 11.8. The third kappa shape index (κ3) is 5.03. The molecule has 2 spiro atoms. The minimum Gasteiger partial charge on any atom is -0.393 e. The number of halogens is 2. The van der Waals surface area contributed by atoms with E-state index in [1.54, 1.807) is 6.07 Å². The van der Waals surface area contributed by atoms with Crippen LogP contribution >= 0.6 is 11.6 Å². The van der Waals surface area contributed by atoms with Crippen LogP contribution < -0.4 is 0 Å². The maximum atomic E-state index is 15.1. The van der Waals surface area contributed by atoms with Gasteiger partial charge in [-0.3, -0.25) is 4.79 Å². The lowest BCUT2D eigenvalue weighted by Gasteiger charge is -2.71. The Hall–Kier alpha value is -2.88. The highest BCUT2D eigenvalue weighted by Crippen LogP contribution is 2.78. The summed E-state index contributed by atoms with van der Waals surface area (Å²) >= 11 is 6.46. The summed E-state index contributed by atoms with van der Waals surface area (Å²) in [6.07, 6.45) is 11.5. The number of rotatable bonds is 8. The third-order valence-electron chi connectivity index (χ3n) is 14.5. The van der Waals surface area contributed by atoms with Gasteiger partial charge in [0, 0.05) is 51.9 Å². The van der Waals surface area contributed by atoms with Crippen LogP contribution in [0, 0.1) is 39.3 Å². The van der Waals surface area contributed by atoms with Crippen molar-refractivity contribution >= 4 is 38.2 Å². The molecule has 2 bridgehead atoms. The number of nitrogens with zero attached hydrogens (tertiary/aromatic N) is 1. The predicted octanol–water partition coefficient (Wildman–Crippen LogP) is 7.80. The van der Waals surface area contributed by atoms with E-state index < -0.39 is 43.8 Å². The van der Waals surface area contributed by atoms with Crippen molar-refractivity contribution in [2.24, 2.45) is 33.5 Å². The number of hydrogen-bond acceptors (Lipinski definition) is 5. The van der Waals surface area contributed by atoms with E-state index >= 15 is 4.39 Å². The number of Topliss-reactive ketones (excluding diaryl/α,β-unsaturated/α-hetero) is 1. The number of aliphatic hydroxyl groups is 2. The van der Waals surface area contributed by atoms with Crippen LogP contribution in [0.25, 0.3) is 10.8 Å². The summed E-state index contributed by atoms with van der Waals surface area (Å²) < 4.78 is 43.6. The lowest BCUT2D eigenvalue weighted by Crippen LogP contribution is -2.67. The molecule has 8 unspecified atom stereocenters. The molecule has 2 N–H and O–H groups in total. The first kappa shape index (κ1) is 35.2. The SMILES string of the molecule is CC12CCC(O)CC13C=CC1(C(C(=O)Cc4c(F)cccc4Cl)=C3)C2CCC2(C)C1CCC2(O)CN(Cc1cccc2ccccc12)S(C)(=O)=O. The monoisotopic (exact) mass is 731 g/mol. The molecule has 0 radical (unpaired) electrons. The molecule has 6 aliphatic rings. The molecule has 270 valence electrons. The number of carbonyl (C=O) groups excluding carboxylic acids is 1. The molecule has 0 heterocycles. The Balaban J connectivity index is 1.20. The molecule has 0 saturated heterocycles. The van der Waals surface area contributed by atoms with Crippen molar-refractivity contribution < 1.29 is 27.8 Å². The normalized spacial score (nSPS) is 36.9. The van der Waals surface area contributed by atoms with Crippen molar-refractivity contribution in [3.63, 3.8) is 0 Å². The molecule has 3 fully saturated rings. The summed E-state index contributed by atoms with van der Waals surface area (Å²) in [4.78, 5) is 14.7. The number of fused-ring (bicyclic) bond motifs is 2. The first-order valence-corrected chi connectivity index (χ1v) is 20.5. The van der Waals surface area contributed by atoms with Gasteiger partial charge in [0.2, 0.25) is 10.0 Å². The summed E-state index contributed by atoms with van der Waals surface area (Å²) in [5.41, 5.74) is -1.90. The minimum atomic E-state index is -3.73. The molecule has 6 aliphatic carbocycles. The maximum Gasteiger partial charge on any atom is 0.211 e. The number of carbonyl (C=O) groups is 1. The van der Waals surface area contributed by atoms with Gasteiger partial charge in [-0.2, -0.15) is 4.31 Å². The minimum absolute atomic E-state index is 0.0578. The topological polar surface area (TPSA) is 94.9 Å². The summed E-state index contributed by atoms with van der Waals surface area (Å²) in [6, 6.07) is 18.3. The van der Waals surface area contributed by atoms with Crippen molar-refractivity contribution in [3.05, 3.63) is 106 Å². The lowest BCUT2D eigenvalue weighted by molar-refractivity contribution is -0.177. The van der Waals surface area contributed by atoms with Gasteiger partial charge in [0.25, 0.3) is 0 Å². The van der Waals surface area contributed by atoms with Gasteiger partial charge >= 0.3 is 0 Å². The fraction of sp³-hybridized carbons (Fsp3) is 0.500. The average molecular weight is 732 g/mol. The zero-order valence-electron chi connectivity index (χ0n) is 29.5. The van der Waals surface area contributed by atoms with Crippen molar-refractivity contribution in [1.82, 2.24) is 4.31 Å². The Morgan fingerprint density at radius 2 is 1.63 bits per heavy atom. The van der Waals surface area contributed by atoms with Gasteiger partial charge in [0.1, 0.15) is 5.82 Å². The Morgan fingerprint density at radius 3 is 2.39 bits per heavy atom. The van der Waals surface area contributed by atoms with Gasteiger partial charge in [0.15, 0.2) is 5.78 Å². The van der Waals surface area contributed by atoms with E-state index in [2.05, 4.69) is 32.1 Å². The number of sulfonamides is 1. The molecule has 6 nitrogen and oxygen atoms in total. The average Bonchev–Trinajstić information content (AvgIpc) is 3.35. The van der Waals surface area contributed by atoms with E-state index in [4.69, 9.17) is 11.6 Å². The number of allylic oxidation sites excluding steroid dienone is 4. The highest BCUT2D eigenvalue weighted by Gasteiger charge is 2.74. The fourth-order valence-electron chi connectivity index (χ4n) is 11.8. The van der Waals surface area contributed by atoms with Crippen LogP contribution in [0.1, 0.15) is 69.9 Å². The highest BCUT2D eigenvalue weighted by molar-refractivity contribution is 7.88. The molecular formula is C42H47ClFNO5S. The standard InChI is InChI=1S/C42H47ClFNO5S/c1-38-17-14-29(46)23-40(38)20-21-42(32(24-40)35(47)22-31-33(43)12-7-13-34(31)44)36(38)15-18-39(2)37(42)16-19-41(39,48)26-45(51(3,49)50)25-28-10-6-9-27-8-4-5-11-30(27)28/h4-13,20-21,24,29,36-37,46,48H,14-19,22-23,25-26H2,1-3H3. The van der Waals surface area contributed by atoms with Crippen molar-refractivity contribution in [1.29, 1.82) is 0 Å². The Kier molecular flexibility index (Phi) is 8.14. The smallest absolute Gasteiger partial charge is 0.211 e. The van der Waals surface area contributed by atoms with Crippen LogP contribution in [0.3, 0.4) is 0 Å². The Morgan fingerprint density at radius 1 is 0.941 bits per heavy atom. The molecule has 9 heteroatoms. The Bertz CT molecular complexity index is 2090. The second-order valence-corrected chi connectivity index (χ2v) is 19.2. The fourth-order valence-corrected chi connectivity index (χ4v) is 12.9. The van der Waals surface area contributed by atoms with Crippen molar-refractivity contribution in [2.45, 2.75) is 83.5 Å². The quantitative estimate of drug-likeness (QED) is 0.231. The molecule has 3 aromatic carbocycles. The molecule has 8 atom stereocenters. The maximum absolute atomic E-state index is 15.1. The third-order valence-corrected chi connectivity index (χ3v) is 16.1. The molecule has 0 aliphatic heterocycles. The van der Waals surface area contributed by atoms with Crippen LogP contribution in [-0.2, 0) is 27.8 Å². The van der Waals surface area contributed by atoms with Crippen LogP contribution in [0.15, 0.2) is 84.5 Å². The van der Waals surface area contributed by atoms with Crippen molar-refractivity contribution in [3.8, 4) is 0 Å². The van der Waals surface area contributed by atoms with E-state index in [1.807, 2.05) is 42.5 Å². The highest BCUT2D eigenvalue weighted by atomic mass is 35.5. The van der Waals surface area contributed by atoms with E-state index in [0.29, 0.717) is 37.7 Å². The Labute approximate surface area is 305 Å². The van der Waals surface area contributed by atoms with E-state index in [1.165, 1.54) is 22.7 Å². The van der Waals surface area contributed by atoms with E-state index in [0.717, 1.165) is 29.2 Å². The van der Waals surface area contributed by atoms with E-state index in [9.17, 15) is 23.4 Å². The largest absolute Gasteiger partial charge is 0.393 e. The van der Waals surface area contributed by atoms with Gasteiger partial charge in [0.05, 0.1) is 18.0 Å². The molecule has 0 aromatic heterocycles. The summed E-state index contributed by atoms with van der Waals surface area (Å²) in [5.74, 6) is -0.818. The van der Waals surface area contributed by atoms with Gasteiger partial charge in [-0.15, -0.1) is 0 Å². The second-order valence-electron chi connectivity index (χ2n) is 16.8. The molecular weight excluding hydrogens is 685 g/mol. The van der Waals surface area contributed by atoms with Crippen LogP contribution in [0.5, 0.6) is 0 Å². The van der Waals surface area contributed by atoms with Gasteiger partial charge < -0.3 is 10.2 Å². The lowest BCUT2D eigenvalue weighted by atomic mass is 9.32. The van der Waals surface area contributed by atoms with E-state index in [-0.39, 0.29) is 53.1 Å². The molecule has 51 heavy (non-hydrogen) atoms. The number of benzene rings is 3. The van der Waals surface area contributed by atoms with Crippen LogP contribution in [0.4, 0.5) is 4.39 Å². The van der Waals surface area contributed by atoms with Crippen LogP contribution in [-0.4, -0.2) is 53.2 Å². The number of hydrogen-bond donors (Lipinski definition) is 2. The summed E-state index contributed by atoms with van der Waals surface area (Å²) in [6.45, 7) is 4.48. The first-order valence-electron chi connectivity index (χ1n) is 18.3. The summed E-state index contributed by atoms with van der Waals surface area (Å²) in [7, 11) is -3.73. The predicted molar refractivity (Wildman–Crippen MR) is 198 cm³/mol. The molecule has 3 saturated carbocycles.